The maximum absolute atomic E-state index is 7.85. The van der Waals surface area contributed by atoms with Gasteiger partial charge in [0.2, 0.25) is 0 Å². The van der Waals surface area contributed by atoms with E-state index < -0.39 is 0 Å². The highest BCUT2D eigenvalue weighted by Gasteiger charge is 2.27. The molecule has 0 radical (unpaired) electrons. The molecule has 1 fully saturated rings. The molecule has 104 valence electrons. The molecule has 1 aromatic rings. The first-order valence-corrected chi connectivity index (χ1v) is 7.93. The van der Waals surface area contributed by atoms with Gasteiger partial charge in [-0.25, -0.2) is 0 Å². The molecule has 3 N–H and O–H groups in total. The van der Waals surface area contributed by atoms with E-state index in [1.165, 1.54) is 12.8 Å². The van der Waals surface area contributed by atoms with Crippen LogP contribution >= 0.6 is 11.8 Å². The minimum absolute atomic E-state index is 0.171. The third kappa shape index (κ3) is 3.06. The average Bonchev–Trinajstić information content (AvgIpc) is 2.37. The van der Waals surface area contributed by atoms with Crippen LogP contribution in [0, 0.1) is 10.8 Å². The number of nitrogens with one attached hydrogen (secondary N) is 1. The summed E-state index contributed by atoms with van der Waals surface area (Å²) in [6, 6.07) is 6.20. The van der Waals surface area contributed by atoms with Crippen LogP contribution in [0.25, 0.3) is 0 Å². The molecular formula is C15H23N3S. The molecule has 1 saturated heterocycles. The Balaban J connectivity index is 2.32. The van der Waals surface area contributed by atoms with E-state index in [9.17, 15) is 0 Å². The Morgan fingerprint density at radius 3 is 2.47 bits per heavy atom. The third-order valence-corrected chi connectivity index (χ3v) is 4.73. The lowest BCUT2D eigenvalue weighted by molar-refractivity contribution is 0.280. The van der Waals surface area contributed by atoms with E-state index >= 15 is 0 Å². The van der Waals surface area contributed by atoms with E-state index in [1.54, 1.807) is 11.8 Å². The lowest BCUT2D eigenvalue weighted by atomic mass is 9.82. The summed E-state index contributed by atoms with van der Waals surface area (Å²) in [6.45, 7) is 6.75. The van der Waals surface area contributed by atoms with Crippen molar-refractivity contribution in [3.8, 4) is 0 Å². The van der Waals surface area contributed by atoms with Gasteiger partial charge in [-0.05, 0) is 36.6 Å². The van der Waals surface area contributed by atoms with E-state index in [-0.39, 0.29) is 5.84 Å². The van der Waals surface area contributed by atoms with Crippen molar-refractivity contribution in [2.45, 2.75) is 31.6 Å². The van der Waals surface area contributed by atoms with Crippen molar-refractivity contribution in [3.05, 3.63) is 23.8 Å². The van der Waals surface area contributed by atoms with Gasteiger partial charge in [0.1, 0.15) is 5.84 Å². The summed E-state index contributed by atoms with van der Waals surface area (Å²) >= 11 is 1.65. The van der Waals surface area contributed by atoms with Crippen LogP contribution in [0.1, 0.15) is 32.3 Å². The first-order valence-electron chi connectivity index (χ1n) is 6.71. The zero-order valence-corrected chi connectivity index (χ0v) is 12.8. The Bertz CT molecular complexity index is 472. The molecule has 0 aliphatic carbocycles. The first kappa shape index (κ1) is 14.3. The van der Waals surface area contributed by atoms with Gasteiger partial charge in [-0.15, -0.1) is 11.8 Å². The van der Waals surface area contributed by atoms with Gasteiger partial charge in [-0.2, -0.15) is 0 Å². The number of hydrogen-bond donors (Lipinski definition) is 2. The van der Waals surface area contributed by atoms with Gasteiger partial charge in [0.05, 0.1) is 5.56 Å². The van der Waals surface area contributed by atoms with Gasteiger partial charge < -0.3 is 10.6 Å². The zero-order valence-electron chi connectivity index (χ0n) is 12.0. The summed E-state index contributed by atoms with van der Waals surface area (Å²) in [6.07, 6.45) is 4.41. The fourth-order valence-electron chi connectivity index (χ4n) is 2.58. The van der Waals surface area contributed by atoms with Crippen LogP contribution in [0.2, 0.25) is 0 Å². The number of nitrogens with two attached hydrogens (primary N) is 1. The Morgan fingerprint density at radius 1 is 1.32 bits per heavy atom. The number of anilines is 1. The molecule has 0 saturated carbocycles. The van der Waals surface area contributed by atoms with Gasteiger partial charge in [-0.3, -0.25) is 5.41 Å². The molecule has 1 aromatic carbocycles. The summed E-state index contributed by atoms with van der Waals surface area (Å²) in [5.41, 5.74) is 8.25. The normalized spacial score (nSPS) is 18.4. The summed E-state index contributed by atoms with van der Waals surface area (Å²) in [7, 11) is 0. The molecule has 0 aromatic heterocycles. The predicted molar refractivity (Wildman–Crippen MR) is 84.5 cm³/mol. The number of amidine groups is 1. The number of thioether (sulfide) groups is 1. The quantitative estimate of drug-likeness (QED) is 0.506. The third-order valence-electron chi connectivity index (χ3n) is 3.95. The number of benzene rings is 1. The standard InChI is InChI=1S/C15H23N3S/c1-15(2)7-9-18(10-8-15)11-5-4-6-12(19-3)13(11)14(16)17/h4-6H,7-10H2,1-3H3,(H3,16,17). The highest BCUT2D eigenvalue weighted by atomic mass is 32.2. The molecule has 0 atom stereocenters. The molecule has 0 amide bonds. The van der Waals surface area contributed by atoms with Crippen LogP contribution in [0.3, 0.4) is 0 Å². The number of nitrogen functional groups attached to an aromatic ring is 1. The minimum Gasteiger partial charge on any atom is -0.384 e. The monoisotopic (exact) mass is 277 g/mol. The predicted octanol–water partition coefficient (Wildman–Crippen LogP) is 3.32. The topological polar surface area (TPSA) is 53.1 Å². The van der Waals surface area contributed by atoms with Crippen molar-refractivity contribution in [1.29, 1.82) is 5.41 Å². The maximum atomic E-state index is 7.85. The molecule has 0 spiro atoms. The van der Waals surface area contributed by atoms with E-state index in [2.05, 4.69) is 30.9 Å². The van der Waals surface area contributed by atoms with Crippen LogP contribution in [0.15, 0.2) is 23.1 Å². The molecule has 1 aliphatic heterocycles. The number of piperidine rings is 1. The van der Waals surface area contributed by atoms with Crippen molar-refractivity contribution < 1.29 is 0 Å². The van der Waals surface area contributed by atoms with Crippen LogP contribution in [0.4, 0.5) is 5.69 Å². The lowest BCUT2D eigenvalue weighted by Gasteiger charge is -2.39. The maximum Gasteiger partial charge on any atom is 0.126 e. The summed E-state index contributed by atoms with van der Waals surface area (Å²) in [5.74, 6) is 0.171. The van der Waals surface area contributed by atoms with Gasteiger partial charge in [0, 0.05) is 23.7 Å². The Hall–Kier alpha value is -1.16. The van der Waals surface area contributed by atoms with Crippen molar-refractivity contribution in [2.75, 3.05) is 24.2 Å². The highest BCUT2D eigenvalue weighted by molar-refractivity contribution is 7.98. The molecule has 3 nitrogen and oxygen atoms in total. The number of hydrogen-bond acceptors (Lipinski definition) is 3. The Morgan fingerprint density at radius 2 is 1.95 bits per heavy atom. The second-order valence-electron chi connectivity index (χ2n) is 5.92. The van der Waals surface area contributed by atoms with Crippen molar-refractivity contribution in [2.24, 2.45) is 11.1 Å². The largest absolute Gasteiger partial charge is 0.384 e. The molecule has 19 heavy (non-hydrogen) atoms. The van der Waals surface area contributed by atoms with Crippen LogP contribution in [-0.4, -0.2) is 25.2 Å². The second kappa shape index (κ2) is 5.45. The number of nitrogens with zero attached hydrogens (tertiary/aromatic N) is 1. The summed E-state index contributed by atoms with van der Waals surface area (Å²) < 4.78 is 0. The molecule has 0 unspecified atom stereocenters. The van der Waals surface area contributed by atoms with Crippen LogP contribution in [0.5, 0.6) is 0 Å². The Kier molecular flexibility index (Phi) is 4.09. The smallest absolute Gasteiger partial charge is 0.126 e. The molecule has 1 heterocycles. The van der Waals surface area contributed by atoms with Gasteiger partial charge in [0.15, 0.2) is 0 Å². The second-order valence-corrected chi connectivity index (χ2v) is 6.77. The molecule has 4 heteroatoms. The van der Waals surface area contributed by atoms with Crippen LogP contribution < -0.4 is 10.6 Å². The minimum atomic E-state index is 0.171. The fraction of sp³-hybridized carbons (Fsp3) is 0.533. The number of rotatable bonds is 3. The van der Waals surface area contributed by atoms with Gasteiger partial charge >= 0.3 is 0 Å². The molecule has 1 aliphatic rings. The molecule has 2 rings (SSSR count). The first-order chi connectivity index (χ1) is 8.94. The van der Waals surface area contributed by atoms with E-state index in [4.69, 9.17) is 11.1 Å². The highest BCUT2D eigenvalue weighted by Crippen LogP contribution is 2.35. The Labute approximate surface area is 120 Å². The van der Waals surface area contributed by atoms with Gasteiger partial charge in [0.25, 0.3) is 0 Å². The van der Waals surface area contributed by atoms with E-state index in [0.717, 1.165) is 29.2 Å². The molecule has 0 bridgehead atoms. The van der Waals surface area contributed by atoms with E-state index in [0.29, 0.717) is 5.41 Å². The SMILES string of the molecule is CSc1cccc(N2CCC(C)(C)CC2)c1C(=N)N. The molecular weight excluding hydrogens is 254 g/mol. The zero-order chi connectivity index (χ0) is 14.0. The van der Waals surface area contributed by atoms with Crippen LogP contribution in [-0.2, 0) is 0 Å². The summed E-state index contributed by atoms with van der Waals surface area (Å²) in [4.78, 5) is 3.47. The van der Waals surface area contributed by atoms with Crippen molar-refractivity contribution in [3.63, 3.8) is 0 Å². The van der Waals surface area contributed by atoms with Crippen molar-refractivity contribution >= 4 is 23.3 Å². The summed E-state index contributed by atoms with van der Waals surface area (Å²) in [5, 5.41) is 7.85. The average molecular weight is 277 g/mol. The fourth-order valence-corrected chi connectivity index (χ4v) is 3.21. The van der Waals surface area contributed by atoms with Crippen molar-refractivity contribution in [1.82, 2.24) is 0 Å². The van der Waals surface area contributed by atoms with E-state index in [1.807, 2.05) is 12.3 Å². The lowest BCUT2D eigenvalue weighted by Crippen LogP contribution is -2.38. The van der Waals surface area contributed by atoms with Gasteiger partial charge in [-0.1, -0.05) is 19.9 Å².